The summed E-state index contributed by atoms with van der Waals surface area (Å²) in [4.78, 5) is 79.0. The number of amides is 5. The first kappa shape index (κ1) is 33.7. The molecule has 0 unspecified atom stereocenters. The van der Waals surface area contributed by atoms with E-state index in [9.17, 15) is 39.0 Å². The van der Waals surface area contributed by atoms with Crippen molar-refractivity contribution in [1.29, 1.82) is 0 Å². The van der Waals surface area contributed by atoms with E-state index in [-0.39, 0.29) is 24.5 Å². The van der Waals surface area contributed by atoms with Gasteiger partial charge in [-0.25, -0.2) is 0 Å². The van der Waals surface area contributed by atoms with E-state index >= 15 is 0 Å². The van der Waals surface area contributed by atoms with E-state index in [1.807, 2.05) is 19.9 Å². The first-order valence-corrected chi connectivity index (χ1v) is 14.2. The molecule has 41 heavy (non-hydrogen) atoms. The maximum Gasteiger partial charge on any atom is 0.247 e. The van der Waals surface area contributed by atoms with Crippen LogP contribution in [0, 0.1) is 5.92 Å². The van der Waals surface area contributed by atoms with Crippen LogP contribution in [0.4, 0.5) is 0 Å². The quantitative estimate of drug-likeness (QED) is 0.214. The van der Waals surface area contributed by atoms with E-state index in [1.54, 1.807) is 24.3 Å². The van der Waals surface area contributed by atoms with Crippen LogP contribution in [0.25, 0.3) is 0 Å². The molecule has 226 valence electrons. The summed E-state index contributed by atoms with van der Waals surface area (Å²) in [7, 11) is 1.36. The van der Waals surface area contributed by atoms with Crippen LogP contribution in [0.15, 0.2) is 30.3 Å². The van der Waals surface area contributed by atoms with Crippen molar-refractivity contribution in [2.24, 2.45) is 5.92 Å². The molecule has 1 aromatic rings. The van der Waals surface area contributed by atoms with E-state index < -0.39 is 78.1 Å². The maximum absolute atomic E-state index is 13.6. The number of carbonyl (C=O) groups excluding carboxylic acids is 6. The van der Waals surface area contributed by atoms with Gasteiger partial charge in [0.2, 0.25) is 34.7 Å². The molecule has 1 heterocycles. The van der Waals surface area contributed by atoms with Crippen LogP contribution in [0.3, 0.4) is 0 Å². The lowest BCUT2D eigenvalue weighted by atomic mass is 10.00. The van der Waals surface area contributed by atoms with Gasteiger partial charge < -0.3 is 36.4 Å². The van der Waals surface area contributed by atoms with Gasteiger partial charge in [0.15, 0.2) is 0 Å². The lowest BCUT2D eigenvalue weighted by Crippen LogP contribution is -2.61. The van der Waals surface area contributed by atoms with Gasteiger partial charge in [0.05, 0.1) is 13.2 Å². The Balaban J connectivity index is 2.53. The Bertz CT molecular complexity index is 1100. The summed E-state index contributed by atoms with van der Waals surface area (Å²) in [6, 6.07) is 2.61. The summed E-state index contributed by atoms with van der Waals surface area (Å²) in [5.41, 5.74) is 0.760. The summed E-state index contributed by atoms with van der Waals surface area (Å²) in [5.74, 6) is -4.05. The van der Waals surface area contributed by atoms with Crippen molar-refractivity contribution in [1.82, 2.24) is 26.2 Å². The Kier molecular flexibility index (Phi) is 13.2. The molecular formula is C27H39N5O8S. The number of nitrogens with one attached hydrogen (secondary N) is 4. The molecule has 0 aromatic heterocycles. The minimum absolute atomic E-state index is 0.0428. The number of hydrogen-bond acceptors (Lipinski definition) is 9. The molecule has 0 saturated carbocycles. The highest BCUT2D eigenvalue weighted by molar-refractivity contribution is 8.13. The topological polar surface area (TPSA) is 194 Å². The second kappa shape index (κ2) is 16.1. The SMILES string of the molecule is CC(=O)N[C@H]1CSC(=O)[C@H](Cc2ccccc2)NC(=O)[C@H](CC(C)C)N(C)C(=O)[C@H](CO)NC(=O)[C@H](CO)NC1=O. The number of aliphatic hydroxyl groups is 2. The molecule has 1 aliphatic rings. The lowest BCUT2D eigenvalue weighted by molar-refractivity contribution is -0.144. The normalized spacial score (nSPS) is 25.4. The van der Waals surface area contributed by atoms with E-state index in [1.165, 1.54) is 14.0 Å². The summed E-state index contributed by atoms with van der Waals surface area (Å²) >= 11 is 0.720. The zero-order valence-corrected chi connectivity index (χ0v) is 24.4. The Labute approximate surface area is 243 Å². The predicted molar refractivity (Wildman–Crippen MR) is 151 cm³/mol. The average molecular weight is 594 g/mol. The van der Waals surface area contributed by atoms with Crippen molar-refractivity contribution in [2.75, 3.05) is 26.0 Å². The Morgan fingerprint density at radius 2 is 1.54 bits per heavy atom. The summed E-state index contributed by atoms with van der Waals surface area (Å²) in [6.07, 6.45) is 0.350. The molecule has 6 N–H and O–H groups in total. The first-order valence-electron chi connectivity index (χ1n) is 13.2. The number of hydrogen-bond donors (Lipinski definition) is 6. The summed E-state index contributed by atoms with van der Waals surface area (Å²) in [5, 5.41) is 29.0. The third kappa shape index (κ3) is 10.1. The van der Waals surface area contributed by atoms with Crippen molar-refractivity contribution in [2.45, 2.75) is 63.8 Å². The van der Waals surface area contributed by atoms with Crippen molar-refractivity contribution in [3.05, 3.63) is 35.9 Å². The lowest BCUT2D eigenvalue weighted by Gasteiger charge is -2.33. The molecule has 1 saturated heterocycles. The zero-order chi connectivity index (χ0) is 30.7. The number of rotatable bonds is 7. The minimum atomic E-state index is -1.53. The van der Waals surface area contributed by atoms with Gasteiger partial charge in [0.1, 0.15) is 30.2 Å². The first-order chi connectivity index (χ1) is 19.4. The Morgan fingerprint density at radius 3 is 2.10 bits per heavy atom. The molecular weight excluding hydrogens is 554 g/mol. The van der Waals surface area contributed by atoms with E-state index in [0.717, 1.165) is 22.2 Å². The molecule has 5 atom stereocenters. The number of carbonyl (C=O) groups is 6. The molecule has 1 fully saturated rings. The molecule has 0 spiro atoms. The fourth-order valence-electron chi connectivity index (χ4n) is 4.22. The number of benzene rings is 1. The van der Waals surface area contributed by atoms with Gasteiger partial charge in [-0.05, 0) is 17.9 Å². The van der Waals surface area contributed by atoms with Gasteiger partial charge in [-0.3, -0.25) is 28.8 Å². The largest absolute Gasteiger partial charge is 0.394 e. The van der Waals surface area contributed by atoms with Crippen molar-refractivity contribution in [3.8, 4) is 0 Å². The molecule has 0 aliphatic carbocycles. The predicted octanol–water partition coefficient (Wildman–Crippen LogP) is -1.68. The van der Waals surface area contributed by atoms with Gasteiger partial charge in [-0.1, -0.05) is 55.9 Å². The second-order valence-electron chi connectivity index (χ2n) is 10.2. The number of thioether (sulfide) groups is 1. The van der Waals surface area contributed by atoms with Crippen molar-refractivity contribution < 1.29 is 39.0 Å². The monoisotopic (exact) mass is 593 g/mol. The molecule has 14 heteroatoms. The fraction of sp³-hybridized carbons (Fsp3) is 0.556. The van der Waals surface area contributed by atoms with Crippen molar-refractivity contribution in [3.63, 3.8) is 0 Å². The maximum atomic E-state index is 13.6. The highest BCUT2D eigenvalue weighted by Gasteiger charge is 2.36. The number of likely N-dealkylation sites (N-methyl/N-ethyl adjacent to an activating group) is 1. The molecule has 0 radical (unpaired) electrons. The standard InChI is InChI=1S/C27H39N5O8S/c1-15(2)10-22-25(38)29-18(11-17-8-6-5-7-9-17)27(40)41-14-21(28-16(3)35)24(37)30-19(12-33)23(36)31-20(13-34)26(39)32(22)4/h5-9,15,18-22,33-34H,10-14H2,1-4H3,(H,28,35)(H,29,38)(H,30,37)(H,31,36)/t18-,19-,20-,21-,22-/m0/s1. The van der Waals surface area contributed by atoms with Gasteiger partial charge in [0.25, 0.3) is 0 Å². The third-order valence-electron chi connectivity index (χ3n) is 6.40. The van der Waals surface area contributed by atoms with Crippen LogP contribution in [0.5, 0.6) is 0 Å². The van der Waals surface area contributed by atoms with E-state index in [0.29, 0.717) is 0 Å². The molecule has 5 amide bonds. The van der Waals surface area contributed by atoms with Crippen LogP contribution in [-0.2, 0) is 35.2 Å². The third-order valence-corrected chi connectivity index (χ3v) is 7.46. The number of nitrogens with zero attached hydrogens (tertiary/aromatic N) is 1. The smallest absolute Gasteiger partial charge is 0.247 e. The number of aliphatic hydroxyl groups excluding tert-OH is 2. The highest BCUT2D eigenvalue weighted by Crippen LogP contribution is 2.17. The Morgan fingerprint density at radius 1 is 0.951 bits per heavy atom. The van der Waals surface area contributed by atoms with Crippen LogP contribution in [-0.4, -0.2) is 106 Å². The molecule has 1 aliphatic heterocycles. The summed E-state index contributed by atoms with van der Waals surface area (Å²) < 4.78 is 0. The van der Waals surface area contributed by atoms with Crippen LogP contribution in [0.2, 0.25) is 0 Å². The van der Waals surface area contributed by atoms with E-state index in [2.05, 4.69) is 21.3 Å². The van der Waals surface area contributed by atoms with Crippen LogP contribution < -0.4 is 21.3 Å². The second-order valence-corrected chi connectivity index (χ2v) is 11.2. The van der Waals surface area contributed by atoms with Crippen molar-refractivity contribution >= 4 is 46.4 Å². The van der Waals surface area contributed by atoms with Gasteiger partial charge in [0, 0.05) is 26.1 Å². The average Bonchev–Trinajstić information content (AvgIpc) is 2.93. The van der Waals surface area contributed by atoms with Gasteiger partial charge in [-0.2, -0.15) is 0 Å². The van der Waals surface area contributed by atoms with Crippen LogP contribution >= 0.6 is 11.8 Å². The van der Waals surface area contributed by atoms with Crippen LogP contribution in [0.1, 0.15) is 32.8 Å². The van der Waals surface area contributed by atoms with E-state index in [4.69, 9.17) is 0 Å². The Hall–Kier alpha value is -3.49. The molecule has 13 nitrogen and oxygen atoms in total. The molecule has 2 rings (SSSR count). The van der Waals surface area contributed by atoms with Gasteiger partial charge >= 0.3 is 0 Å². The van der Waals surface area contributed by atoms with Gasteiger partial charge in [-0.15, -0.1) is 0 Å². The zero-order valence-electron chi connectivity index (χ0n) is 23.6. The fourth-order valence-corrected chi connectivity index (χ4v) is 5.13. The summed E-state index contributed by atoms with van der Waals surface area (Å²) in [6.45, 7) is 3.22. The molecule has 1 aromatic carbocycles. The minimum Gasteiger partial charge on any atom is -0.394 e. The molecule has 0 bridgehead atoms. The highest BCUT2D eigenvalue weighted by atomic mass is 32.2.